The fourth-order valence-corrected chi connectivity index (χ4v) is 4.73. The molecule has 0 aliphatic carbocycles. The molecular weight excluding hydrogens is 300 g/mol. The van der Waals surface area contributed by atoms with Crippen molar-refractivity contribution < 1.29 is 5.11 Å². The van der Waals surface area contributed by atoms with Crippen molar-refractivity contribution in [2.24, 2.45) is 0 Å². The molecule has 0 radical (unpaired) electrons. The summed E-state index contributed by atoms with van der Waals surface area (Å²) in [7, 11) is 0. The molecular formula is C13H20OTe. The van der Waals surface area contributed by atoms with Crippen molar-refractivity contribution in [1.29, 1.82) is 0 Å². The second-order valence-corrected chi connectivity index (χ2v) is 8.14. The first-order valence-corrected chi connectivity index (χ1v) is 8.08. The van der Waals surface area contributed by atoms with Gasteiger partial charge in [0.1, 0.15) is 0 Å². The second-order valence-electron chi connectivity index (χ2n) is 3.91. The maximum absolute atomic E-state index is 8.72. The Bertz CT molecular complexity index is 286. The van der Waals surface area contributed by atoms with Gasteiger partial charge in [-0.3, -0.25) is 0 Å². The summed E-state index contributed by atoms with van der Waals surface area (Å²) in [5, 5.41) is 8.72. The monoisotopic (exact) mass is 322 g/mol. The van der Waals surface area contributed by atoms with Crippen molar-refractivity contribution in [3.63, 3.8) is 0 Å². The molecule has 0 saturated carbocycles. The maximum atomic E-state index is 8.72. The topological polar surface area (TPSA) is 20.2 Å². The van der Waals surface area contributed by atoms with Crippen LogP contribution < -0.4 is 3.61 Å². The fraction of sp³-hybridized carbons (Fsp3) is 0.538. The second kappa shape index (κ2) is 7.28. The molecule has 0 heterocycles. The number of benzene rings is 1. The number of unbranched alkanes of at least 4 members (excludes halogenated alkanes) is 1. The van der Waals surface area contributed by atoms with E-state index in [1.165, 1.54) is 18.4 Å². The Morgan fingerprint density at radius 1 is 1.27 bits per heavy atom. The van der Waals surface area contributed by atoms with Crippen LogP contribution in [-0.4, -0.2) is 32.6 Å². The van der Waals surface area contributed by atoms with E-state index in [2.05, 4.69) is 38.1 Å². The zero-order chi connectivity index (χ0) is 11.1. The van der Waals surface area contributed by atoms with Gasteiger partial charge in [-0.1, -0.05) is 0 Å². The van der Waals surface area contributed by atoms with Gasteiger partial charge in [0.2, 0.25) is 0 Å². The summed E-state index contributed by atoms with van der Waals surface area (Å²) in [6.07, 6.45) is 3.41. The molecule has 1 aromatic rings. The molecule has 0 fully saturated rings. The summed E-state index contributed by atoms with van der Waals surface area (Å²) in [5.41, 5.74) is 1.45. The molecule has 2 heteroatoms. The van der Waals surface area contributed by atoms with Crippen LogP contribution in [0, 0.1) is 6.92 Å². The average Bonchev–Trinajstić information content (AvgIpc) is 2.22. The van der Waals surface area contributed by atoms with E-state index in [1.807, 2.05) is 0 Å². The predicted molar refractivity (Wildman–Crippen MR) is 66.9 cm³/mol. The van der Waals surface area contributed by atoms with Crippen LogP contribution in [0.2, 0.25) is 3.97 Å². The normalized spacial score (nSPS) is 12.7. The molecule has 0 saturated heterocycles. The van der Waals surface area contributed by atoms with Crippen molar-refractivity contribution in [3.8, 4) is 0 Å². The number of aliphatic hydroxyl groups is 1. The predicted octanol–water partition coefficient (Wildman–Crippen LogP) is 2.30. The van der Waals surface area contributed by atoms with Gasteiger partial charge in [-0.05, 0) is 0 Å². The Morgan fingerprint density at radius 3 is 2.67 bits per heavy atom. The van der Waals surface area contributed by atoms with E-state index in [-0.39, 0.29) is 20.9 Å². The molecule has 0 aliphatic heterocycles. The zero-order valence-electron chi connectivity index (χ0n) is 9.57. The minimum absolute atomic E-state index is 0.0430. The molecule has 0 amide bonds. The van der Waals surface area contributed by atoms with Gasteiger partial charge < -0.3 is 0 Å². The summed E-state index contributed by atoms with van der Waals surface area (Å²) in [5.74, 6) is 0. The first-order chi connectivity index (χ1) is 7.24. The zero-order valence-corrected chi connectivity index (χ0v) is 11.9. The van der Waals surface area contributed by atoms with Crippen LogP contribution >= 0.6 is 0 Å². The number of hydrogen-bond donors (Lipinski definition) is 1. The molecule has 1 nitrogen and oxygen atoms in total. The molecule has 0 bridgehead atoms. The van der Waals surface area contributed by atoms with E-state index in [4.69, 9.17) is 5.11 Å². The quantitative estimate of drug-likeness (QED) is 0.630. The van der Waals surface area contributed by atoms with Gasteiger partial charge in [0.25, 0.3) is 0 Å². The van der Waals surface area contributed by atoms with Gasteiger partial charge in [0, 0.05) is 0 Å². The molecule has 0 aromatic heterocycles. The third-order valence-corrected chi connectivity index (χ3v) is 6.29. The Balaban J connectivity index is 2.37. The Labute approximate surface area is 103 Å². The third-order valence-electron chi connectivity index (χ3n) is 2.44. The van der Waals surface area contributed by atoms with E-state index in [0.717, 1.165) is 10.4 Å². The van der Waals surface area contributed by atoms with Crippen LogP contribution in [-0.2, 0) is 0 Å². The van der Waals surface area contributed by atoms with Crippen LogP contribution in [0.5, 0.6) is 0 Å². The van der Waals surface area contributed by atoms with E-state index in [1.54, 1.807) is 3.61 Å². The first-order valence-electron chi connectivity index (χ1n) is 5.57. The van der Waals surface area contributed by atoms with Gasteiger partial charge in [-0.15, -0.1) is 0 Å². The fourth-order valence-electron chi connectivity index (χ4n) is 1.51. The molecule has 0 aliphatic rings. The van der Waals surface area contributed by atoms with Crippen molar-refractivity contribution in [2.45, 2.75) is 37.1 Å². The standard InChI is InChI=1S/C13H20OTe/c1-11-7-3-4-9-13(11)15-12(2)8-5-6-10-14/h3-4,7,9,12,14H,5-6,8,10H2,1-2H3. The van der Waals surface area contributed by atoms with E-state index < -0.39 is 0 Å². The molecule has 1 aromatic carbocycles. The van der Waals surface area contributed by atoms with Crippen molar-refractivity contribution >= 4 is 24.5 Å². The molecule has 15 heavy (non-hydrogen) atoms. The Hall–Kier alpha value is -0.0304. The molecule has 0 spiro atoms. The summed E-state index contributed by atoms with van der Waals surface area (Å²) in [6, 6.07) is 8.75. The van der Waals surface area contributed by atoms with Crippen molar-refractivity contribution in [1.82, 2.24) is 0 Å². The van der Waals surface area contributed by atoms with Crippen LogP contribution in [0.25, 0.3) is 0 Å². The summed E-state index contributed by atoms with van der Waals surface area (Å²) < 4.78 is 2.45. The van der Waals surface area contributed by atoms with E-state index in [9.17, 15) is 0 Å². The van der Waals surface area contributed by atoms with Crippen LogP contribution in [0.15, 0.2) is 24.3 Å². The minimum atomic E-state index is -0.0430. The third kappa shape index (κ3) is 5.02. The van der Waals surface area contributed by atoms with Gasteiger partial charge in [-0.25, -0.2) is 0 Å². The number of hydrogen-bond acceptors (Lipinski definition) is 1. The summed E-state index contributed by atoms with van der Waals surface area (Å²) in [4.78, 5) is 0. The van der Waals surface area contributed by atoms with Crippen molar-refractivity contribution in [2.75, 3.05) is 6.61 Å². The first kappa shape index (κ1) is 13.0. The van der Waals surface area contributed by atoms with Gasteiger partial charge >= 0.3 is 103 Å². The molecule has 1 rings (SSSR count). The van der Waals surface area contributed by atoms with Crippen LogP contribution in [0.3, 0.4) is 0 Å². The van der Waals surface area contributed by atoms with Crippen LogP contribution in [0.1, 0.15) is 31.7 Å². The Morgan fingerprint density at radius 2 is 2.00 bits per heavy atom. The van der Waals surface area contributed by atoms with Gasteiger partial charge in [-0.2, -0.15) is 0 Å². The van der Waals surface area contributed by atoms with Crippen molar-refractivity contribution in [3.05, 3.63) is 29.8 Å². The van der Waals surface area contributed by atoms with E-state index >= 15 is 0 Å². The van der Waals surface area contributed by atoms with Gasteiger partial charge in [0.05, 0.1) is 0 Å². The molecule has 84 valence electrons. The number of aryl methyl sites for hydroxylation is 1. The summed E-state index contributed by atoms with van der Waals surface area (Å²) >= 11 is -0.0430. The number of rotatable bonds is 6. The van der Waals surface area contributed by atoms with Gasteiger partial charge in [0.15, 0.2) is 0 Å². The van der Waals surface area contributed by atoms with Crippen LogP contribution in [0.4, 0.5) is 0 Å². The SMILES string of the molecule is Cc1ccccc1[Te]C(C)CCCCO. The number of aliphatic hydroxyl groups excluding tert-OH is 1. The summed E-state index contributed by atoms with van der Waals surface area (Å²) in [6.45, 7) is 4.91. The molecule has 1 unspecified atom stereocenters. The Kier molecular flexibility index (Phi) is 6.32. The van der Waals surface area contributed by atoms with E-state index in [0.29, 0.717) is 6.61 Å². The average molecular weight is 320 g/mol. The molecule has 1 N–H and O–H groups in total. The molecule has 1 atom stereocenters.